The van der Waals surface area contributed by atoms with Crippen molar-refractivity contribution in [3.63, 3.8) is 0 Å². The highest BCUT2D eigenvalue weighted by atomic mass is 15.0. The second-order valence-electron chi connectivity index (χ2n) is 4.24. The highest BCUT2D eigenvalue weighted by Gasteiger charge is 2.00. The van der Waals surface area contributed by atoms with E-state index in [2.05, 4.69) is 43.3 Å². The summed E-state index contributed by atoms with van der Waals surface area (Å²) in [6.07, 6.45) is 0.960. The van der Waals surface area contributed by atoms with Gasteiger partial charge in [-0.15, -0.1) is 0 Å². The topological polar surface area (TPSA) is 29.3 Å². The Bertz CT molecular complexity index is 254. The minimum Gasteiger partial charge on any atom is -0.328 e. The van der Waals surface area contributed by atoms with Crippen LogP contribution >= 0.6 is 0 Å². The Hall–Kier alpha value is -0.860. The predicted molar refractivity (Wildman–Crippen MR) is 61.2 cm³/mol. The van der Waals surface area contributed by atoms with E-state index in [1.807, 2.05) is 6.92 Å². The first kappa shape index (κ1) is 11.2. The Morgan fingerprint density at radius 1 is 1.29 bits per heavy atom. The maximum Gasteiger partial charge on any atom is 0.0227 e. The molecule has 0 saturated carbocycles. The molecule has 0 aliphatic heterocycles. The molecule has 0 heterocycles. The van der Waals surface area contributed by atoms with Crippen molar-refractivity contribution in [2.75, 3.05) is 14.1 Å². The second kappa shape index (κ2) is 5.13. The van der Waals surface area contributed by atoms with E-state index < -0.39 is 0 Å². The molecule has 14 heavy (non-hydrogen) atoms. The van der Waals surface area contributed by atoms with Crippen molar-refractivity contribution >= 4 is 0 Å². The van der Waals surface area contributed by atoms with Gasteiger partial charge in [0.25, 0.3) is 0 Å². The average molecular weight is 192 g/mol. The normalized spacial score (nSPS) is 13.2. The van der Waals surface area contributed by atoms with Crippen LogP contribution in [0.5, 0.6) is 0 Å². The fraction of sp³-hybridized carbons (Fsp3) is 0.500. The Morgan fingerprint density at radius 3 is 2.50 bits per heavy atom. The van der Waals surface area contributed by atoms with Gasteiger partial charge in [-0.25, -0.2) is 0 Å². The summed E-state index contributed by atoms with van der Waals surface area (Å²) in [5, 5.41) is 0. The van der Waals surface area contributed by atoms with Crippen LogP contribution in [0.25, 0.3) is 0 Å². The first-order valence-electron chi connectivity index (χ1n) is 5.06. The van der Waals surface area contributed by atoms with Crippen LogP contribution in [0.1, 0.15) is 18.1 Å². The molecule has 1 aromatic rings. The number of hydrogen-bond donors (Lipinski definition) is 1. The van der Waals surface area contributed by atoms with Crippen molar-refractivity contribution < 1.29 is 0 Å². The maximum atomic E-state index is 5.77. The molecule has 2 nitrogen and oxygen atoms in total. The molecule has 1 rings (SSSR count). The Morgan fingerprint density at radius 2 is 1.93 bits per heavy atom. The van der Waals surface area contributed by atoms with Crippen molar-refractivity contribution in [2.45, 2.75) is 25.9 Å². The lowest BCUT2D eigenvalue weighted by Gasteiger charge is -2.11. The van der Waals surface area contributed by atoms with Gasteiger partial charge >= 0.3 is 0 Å². The highest BCUT2D eigenvalue weighted by Crippen LogP contribution is 2.08. The van der Waals surface area contributed by atoms with E-state index >= 15 is 0 Å². The monoisotopic (exact) mass is 192 g/mol. The smallest absolute Gasteiger partial charge is 0.0227 e. The van der Waals surface area contributed by atoms with Crippen LogP contribution in [0.4, 0.5) is 0 Å². The van der Waals surface area contributed by atoms with Gasteiger partial charge in [0.05, 0.1) is 0 Å². The molecular weight excluding hydrogens is 172 g/mol. The number of rotatable bonds is 4. The van der Waals surface area contributed by atoms with E-state index in [4.69, 9.17) is 5.73 Å². The van der Waals surface area contributed by atoms with Gasteiger partial charge in [0.2, 0.25) is 0 Å². The second-order valence-corrected chi connectivity index (χ2v) is 4.24. The third-order valence-corrected chi connectivity index (χ3v) is 2.05. The van der Waals surface area contributed by atoms with Gasteiger partial charge in [-0.2, -0.15) is 0 Å². The molecular formula is C12H20N2. The van der Waals surface area contributed by atoms with Gasteiger partial charge in [0, 0.05) is 12.6 Å². The zero-order chi connectivity index (χ0) is 10.6. The quantitative estimate of drug-likeness (QED) is 0.785. The van der Waals surface area contributed by atoms with E-state index in [-0.39, 0.29) is 6.04 Å². The molecule has 0 unspecified atom stereocenters. The average Bonchev–Trinajstić information content (AvgIpc) is 2.01. The first-order chi connectivity index (χ1) is 6.58. The minimum atomic E-state index is 0.240. The van der Waals surface area contributed by atoms with Gasteiger partial charge in [-0.05, 0) is 38.6 Å². The molecule has 2 heteroatoms. The zero-order valence-corrected chi connectivity index (χ0v) is 9.33. The molecule has 0 spiro atoms. The standard InChI is InChI=1S/C12H20N2/c1-10(13)7-11-5-4-6-12(8-11)9-14(2)3/h4-6,8,10H,7,9,13H2,1-3H3/t10-/m1/s1. The molecule has 1 atom stereocenters. The number of nitrogens with two attached hydrogens (primary N) is 1. The van der Waals surface area contributed by atoms with E-state index in [1.54, 1.807) is 0 Å². The zero-order valence-electron chi connectivity index (χ0n) is 9.33. The Balaban J connectivity index is 2.68. The Labute approximate surface area is 86.7 Å². The summed E-state index contributed by atoms with van der Waals surface area (Å²) in [4.78, 5) is 2.17. The van der Waals surface area contributed by atoms with Gasteiger partial charge in [0.15, 0.2) is 0 Å². The molecule has 0 aromatic heterocycles. The SMILES string of the molecule is C[C@@H](N)Cc1cccc(CN(C)C)c1. The van der Waals surface area contributed by atoms with Crippen LogP contribution in [0.15, 0.2) is 24.3 Å². The van der Waals surface area contributed by atoms with Crippen LogP contribution in [-0.4, -0.2) is 25.0 Å². The Kier molecular flexibility index (Phi) is 4.11. The van der Waals surface area contributed by atoms with Crippen LogP contribution in [-0.2, 0) is 13.0 Å². The number of nitrogens with zero attached hydrogens (tertiary/aromatic N) is 1. The lowest BCUT2D eigenvalue weighted by Crippen LogP contribution is -2.18. The van der Waals surface area contributed by atoms with Gasteiger partial charge in [-0.3, -0.25) is 0 Å². The van der Waals surface area contributed by atoms with Gasteiger partial charge < -0.3 is 10.6 Å². The fourth-order valence-corrected chi connectivity index (χ4v) is 1.59. The fourth-order valence-electron chi connectivity index (χ4n) is 1.59. The molecule has 78 valence electrons. The summed E-state index contributed by atoms with van der Waals surface area (Å²) in [6, 6.07) is 8.89. The molecule has 0 amide bonds. The third kappa shape index (κ3) is 3.90. The van der Waals surface area contributed by atoms with E-state index in [0.717, 1.165) is 13.0 Å². The van der Waals surface area contributed by atoms with Crippen molar-refractivity contribution in [1.82, 2.24) is 4.90 Å². The van der Waals surface area contributed by atoms with Crippen LogP contribution in [0.2, 0.25) is 0 Å². The molecule has 2 N–H and O–H groups in total. The summed E-state index contributed by atoms with van der Waals surface area (Å²) in [5.41, 5.74) is 8.45. The van der Waals surface area contributed by atoms with Crippen molar-refractivity contribution in [3.05, 3.63) is 35.4 Å². The molecule has 0 aliphatic carbocycles. The summed E-state index contributed by atoms with van der Waals surface area (Å²) in [6.45, 7) is 3.03. The molecule has 0 bridgehead atoms. The van der Waals surface area contributed by atoms with Crippen LogP contribution < -0.4 is 5.73 Å². The summed E-state index contributed by atoms with van der Waals surface area (Å²) in [5.74, 6) is 0. The molecule has 1 aromatic carbocycles. The van der Waals surface area contributed by atoms with Crippen molar-refractivity contribution in [1.29, 1.82) is 0 Å². The van der Waals surface area contributed by atoms with Crippen molar-refractivity contribution in [3.8, 4) is 0 Å². The van der Waals surface area contributed by atoms with Gasteiger partial charge in [-0.1, -0.05) is 24.3 Å². The van der Waals surface area contributed by atoms with E-state index in [9.17, 15) is 0 Å². The van der Waals surface area contributed by atoms with Crippen LogP contribution in [0, 0.1) is 0 Å². The van der Waals surface area contributed by atoms with Crippen LogP contribution in [0.3, 0.4) is 0 Å². The predicted octanol–water partition coefficient (Wildman–Crippen LogP) is 1.64. The summed E-state index contributed by atoms with van der Waals surface area (Å²) < 4.78 is 0. The van der Waals surface area contributed by atoms with Crippen molar-refractivity contribution in [2.24, 2.45) is 5.73 Å². The highest BCUT2D eigenvalue weighted by molar-refractivity contribution is 5.24. The maximum absolute atomic E-state index is 5.77. The largest absolute Gasteiger partial charge is 0.328 e. The molecule has 0 saturated heterocycles. The number of benzene rings is 1. The summed E-state index contributed by atoms with van der Waals surface area (Å²) in [7, 11) is 4.16. The molecule has 0 fully saturated rings. The van der Waals surface area contributed by atoms with E-state index in [1.165, 1.54) is 11.1 Å². The minimum absolute atomic E-state index is 0.240. The number of hydrogen-bond acceptors (Lipinski definition) is 2. The molecule has 0 aliphatic rings. The van der Waals surface area contributed by atoms with E-state index in [0.29, 0.717) is 0 Å². The third-order valence-electron chi connectivity index (χ3n) is 2.05. The molecule has 0 radical (unpaired) electrons. The van der Waals surface area contributed by atoms with Gasteiger partial charge in [0.1, 0.15) is 0 Å². The lowest BCUT2D eigenvalue weighted by molar-refractivity contribution is 0.402. The lowest BCUT2D eigenvalue weighted by atomic mass is 10.0. The first-order valence-corrected chi connectivity index (χ1v) is 5.06. The summed E-state index contributed by atoms with van der Waals surface area (Å²) >= 11 is 0.